The maximum Gasteiger partial charge on any atom is 0.273 e. The molecule has 1 N–H and O–H groups in total. The Morgan fingerprint density at radius 1 is 0.903 bits per heavy atom. The maximum atomic E-state index is 13.4. The van der Waals surface area contributed by atoms with E-state index < -0.39 is 0 Å². The first-order chi connectivity index (χ1) is 15.0. The SMILES string of the molecule is Cc1ccc(CN2C(=O)c3[nH]nc(-c4ccc(Cl)cc4)c3C2c2ccc(Cl)cc2)cc1. The number of H-pyrrole nitrogens is 1. The predicted molar refractivity (Wildman–Crippen MR) is 123 cm³/mol. The Bertz CT molecular complexity index is 1250. The number of amides is 1. The second-order valence-corrected chi connectivity index (χ2v) is 8.61. The average Bonchev–Trinajstić information content (AvgIpc) is 3.31. The summed E-state index contributed by atoms with van der Waals surface area (Å²) in [6.07, 6.45) is 0. The van der Waals surface area contributed by atoms with Crippen molar-refractivity contribution in [1.82, 2.24) is 15.1 Å². The lowest BCUT2D eigenvalue weighted by molar-refractivity contribution is 0.0730. The molecule has 2 heterocycles. The standard InChI is InChI=1S/C25H19Cl2N3O/c1-15-2-4-16(5-3-15)14-30-24(18-8-12-20(27)13-9-18)21-22(28-29-23(21)25(30)31)17-6-10-19(26)11-7-17/h2-13,24H,14H2,1H3,(H,28,29). The number of nitrogens with zero attached hydrogens (tertiary/aromatic N) is 2. The molecule has 0 saturated carbocycles. The molecule has 1 aliphatic heterocycles. The number of benzene rings is 3. The summed E-state index contributed by atoms with van der Waals surface area (Å²) in [5.74, 6) is -0.0664. The van der Waals surface area contributed by atoms with E-state index in [9.17, 15) is 4.79 Å². The van der Waals surface area contributed by atoms with Gasteiger partial charge in [0, 0.05) is 27.7 Å². The Balaban J connectivity index is 1.63. The van der Waals surface area contributed by atoms with Gasteiger partial charge in [-0.25, -0.2) is 0 Å². The van der Waals surface area contributed by atoms with E-state index >= 15 is 0 Å². The molecule has 1 unspecified atom stereocenters. The zero-order valence-corrected chi connectivity index (χ0v) is 18.3. The largest absolute Gasteiger partial charge is 0.322 e. The van der Waals surface area contributed by atoms with Crippen molar-refractivity contribution in [3.8, 4) is 11.3 Å². The van der Waals surface area contributed by atoms with Crippen molar-refractivity contribution in [2.45, 2.75) is 19.5 Å². The molecule has 0 radical (unpaired) electrons. The van der Waals surface area contributed by atoms with Gasteiger partial charge < -0.3 is 4.90 Å². The second-order valence-electron chi connectivity index (χ2n) is 7.74. The Hall–Kier alpha value is -3.08. The number of aryl methyl sites for hydroxylation is 1. The maximum absolute atomic E-state index is 13.4. The minimum atomic E-state index is -0.273. The van der Waals surface area contributed by atoms with Crippen LogP contribution in [0.1, 0.15) is 38.8 Å². The van der Waals surface area contributed by atoms with Crippen LogP contribution in [0.25, 0.3) is 11.3 Å². The first kappa shape index (κ1) is 19.9. The number of fused-ring (bicyclic) bond motifs is 1. The Morgan fingerprint density at radius 2 is 1.52 bits per heavy atom. The van der Waals surface area contributed by atoms with Crippen LogP contribution in [0, 0.1) is 6.92 Å². The van der Waals surface area contributed by atoms with Crippen molar-refractivity contribution in [1.29, 1.82) is 0 Å². The van der Waals surface area contributed by atoms with Crippen LogP contribution >= 0.6 is 23.2 Å². The monoisotopic (exact) mass is 447 g/mol. The van der Waals surface area contributed by atoms with Crippen LogP contribution in [0.2, 0.25) is 10.0 Å². The molecule has 3 aromatic carbocycles. The van der Waals surface area contributed by atoms with Crippen LogP contribution in [0.5, 0.6) is 0 Å². The summed E-state index contributed by atoms with van der Waals surface area (Å²) >= 11 is 12.2. The van der Waals surface area contributed by atoms with Crippen molar-refractivity contribution >= 4 is 29.1 Å². The van der Waals surface area contributed by atoms with E-state index in [2.05, 4.69) is 41.4 Å². The highest BCUT2D eigenvalue weighted by molar-refractivity contribution is 6.30. The third kappa shape index (κ3) is 3.62. The summed E-state index contributed by atoms with van der Waals surface area (Å²) in [5.41, 5.74) is 6.31. The van der Waals surface area contributed by atoms with Gasteiger partial charge in [-0.2, -0.15) is 5.10 Å². The summed E-state index contributed by atoms with van der Waals surface area (Å²) in [6.45, 7) is 2.55. The molecule has 0 spiro atoms. The molecule has 31 heavy (non-hydrogen) atoms. The van der Waals surface area contributed by atoms with Gasteiger partial charge in [0.25, 0.3) is 5.91 Å². The van der Waals surface area contributed by atoms with Gasteiger partial charge in [-0.05, 0) is 42.3 Å². The van der Waals surface area contributed by atoms with E-state index in [4.69, 9.17) is 23.2 Å². The number of carbonyl (C=O) groups is 1. The molecule has 1 aromatic heterocycles. The predicted octanol–water partition coefficient (Wildman–Crippen LogP) is 6.44. The highest BCUT2D eigenvalue weighted by Gasteiger charge is 2.42. The quantitative estimate of drug-likeness (QED) is 0.391. The van der Waals surface area contributed by atoms with E-state index in [-0.39, 0.29) is 11.9 Å². The van der Waals surface area contributed by atoms with Crippen LogP contribution < -0.4 is 0 Å². The fourth-order valence-electron chi connectivity index (χ4n) is 4.07. The zero-order chi connectivity index (χ0) is 21.5. The smallest absolute Gasteiger partial charge is 0.273 e. The molecule has 5 rings (SSSR count). The van der Waals surface area contributed by atoms with E-state index in [1.807, 2.05) is 53.4 Å². The van der Waals surface area contributed by atoms with Crippen molar-refractivity contribution in [2.75, 3.05) is 0 Å². The average molecular weight is 448 g/mol. The number of rotatable bonds is 4. The highest BCUT2D eigenvalue weighted by Crippen LogP contribution is 2.43. The third-order valence-corrected chi connectivity index (χ3v) is 6.14. The van der Waals surface area contributed by atoms with E-state index in [1.165, 1.54) is 5.56 Å². The number of halogens is 2. The molecule has 0 bridgehead atoms. The van der Waals surface area contributed by atoms with Gasteiger partial charge in [0.1, 0.15) is 5.69 Å². The van der Waals surface area contributed by atoms with Crippen LogP contribution in [-0.4, -0.2) is 21.0 Å². The molecule has 0 saturated heterocycles. The molecule has 6 heteroatoms. The van der Waals surface area contributed by atoms with Crippen LogP contribution in [0.15, 0.2) is 72.8 Å². The van der Waals surface area contributed by atoms with Crippen LogP contribution in [0.3, 0.4) is 0 Å². The van der Waals surface area contributed by atoms with Crippen LogP contribution in [-0.2, 0) is 6.54 Å². The molecule has 0 aliphatic carbocycles. The molecular formula is C25H19Cl2N3O. The summed E-state index contributed by atoms with van der Waals surface area (Å²) < 4.78 is 0. The van der Waals surface area contributed by atoms with Gasteiger partial charge in [0.05, 0.1) is 11.7 Å². The number of aromatic nitrogens is 2. The molecular weight excluding hydrogens is 429 g/mol. The van der Waals surface area contributed by atoms with Gasteiger partial charge in [-0.15, -0.1) is 0 Å². The summed E-state index contributed by atoms with van der Waals surface area (Å²) in [5, 5.41) is 8.79. The molecule has 1 amide bonds. The first-order valence-electron chi connectivity index (χ1n) is 9.97. The zero-order valence-electron chi connectivity index (χ0n) is 16.8. The van der Waals surface area contributed by atoms with Crippen LogP contribution in [0.4, 0.5) is 0 Å². The Kier molecular flexibility index (Phi) is 5.05. The molecule has 1 aliphatic rings. The fraction of sp³-hybridized carbons (Fsp3) is 0.120. The van der Waals surface area contributed by atoms with Gasteiger partial charge in [-0.3, -0.25) is 9.89 Å². The second kappa shape index (κ2) is 7.88. The third-order valence-electron chi connectivity index (χ3n) is 5.64. The van der Waals surface area contributed by atoms with Crippen molar-refractivity contribution < 1.29 is 4.79 Å². The number of aromatic amines is 1. The lowest BCUT2D eigenvalue weighted by Crippen LogP contribution is -2.29. The summed E-state index contributed by atoms with van der Waals surface area (Å²) in [4.78, 5) is 15.3. The number of hydrogen-bond acceptors (Lipinski definition) is 2. The molecule has 1 atom stereocenters. The van der Waals surface area contributed by atoms with Gasteiger partial charge in [-0.1, -0.05) is 77.3 Å². The normalized spacial score (nSPS) is 15.4. The Labute approximate surface area is 190 Å². The lowest BCUT2D eigenvalue weighted by atomic mass is 9.96. The molecule has 4 nitrogen and oxygen atoms in total. The van der Waals surface area contributed by atoms with Gasteiger partial charge in [0.15, 0.2) is 0 Å². The summed E-state index contributed by atoms with van der Waals surface area (Å²) in [6, 6.07) is 23.1. The minimum Gasteiger partial charge on any atom is -0.322 e. The summed E-state index contributed by atoms with van der Waals surface area (Å²) in [7, 11) is 0. The van der Waals surface area contributed by atoms with E-state index in [0.717, 1.165) is 27.9 Å². The number of hydrogen-bond donors (Lipinski definition) is 1. The van der Waals surface area contributed by atoms with E-state index in [1.54, 1.807) is 0 Å². The molecule has 0 fully saturated rings. The van der Waals surface area contributed by atoms with Gasteiger partial charge >= 0.3 is 0 Å². The topological polar surface area (TPSA) is 49.0 Å². The first-order valence-corrected chi connectivity index (χ1v) is 10.7. The fourth-order valence-corrected chi connectivity index (χ4v) is 4.32. The van der Waals surface area contributed by atoms with Crippen molar-refractivity contribution in [3.63, 3.8) is 0 Å². The van der Waals surface area contributed by atoms with Crippen molar-refractivity contribution in [3.05, 3.63) is 111 Å². The molecule has 4 aromatic rings. The number of carbonyl (C=O) groups excluding carboxylic acids is 1. The minimum absolute atomic E-state index is 0.0664. The molecule has 154 valence electrons. The Morgan fingerprint density at radius 3 is 2.16 bits per heavy atom. The van der Waals surface area contributed by atoms with Gasteiger partial charge in [0.2, 0.25) is 0 Å². The number of nitrogens with one attached hydrogen (secondary N) is 1. The van der Waals surface area contributed by atoms with Crippen molar-refractivity contribution in [2.24, 2.45) is 0 Å². The highest BCUT2D eigenvalue weighted by atomic mass is 35.5. The van der Waals surface area contributed by atoms with E-state index in [0.29, 0.717) is 22.3 Å². The lowest BCUT2D eigenvalue weighted by Gasteiger charge is -2.26.